The summed E-state index contributed by atoms with van der Waals surface area (Å²) in [4.78, 5) is 17.1. The zero-order valence-corrected chi connectivity index (χ0v) is 6.87. The van der Waals surface area contributed by atoms with E-state index in [2.05, 4.69) is 15.3 Å². The second-order valence-electron chi connectivity index (χ2n) is 2.58. The number of rotatable bonds is 3. The largest absolute Gasteiger partial charge is 0.366 e. The first kappa shape index (κ1) is 8.73. The molecule has 0 bridgehead atoms. The van der Waals surface area contributed by atoms with Crippen LogP contribution in [-0.4, -0.2) is 22.6 Å². The Kier molecular flexibility index (Phi) is 2.82. The van der Waals surface area contributed by atoms with Crippen molar-refractivity contribution in [1.29, 1.82) is 0 Å². The van der Waals surface area contributed by atoms with Crippen molar-refractivity contribution in [3.8, 4) is 0 Å². The Morgan fingerprint density at radius 1 is 1.83 bits per heavy atom. The maximum atomic E-state index is 10.8. The zero-order chi connectivity index (χ0) is 8.97. The van der Waals surface area contributed by atoms with Gasteiger partial charge in [0.15, 0.2) is 0 Å². The van der Waals surface area contributed by atoms with Crippen molar-refractivity contribution in [3.63, 3.8) is 0 Å². The molecule has 0 spiro atoms. The van der Waals surface area contributed by atoms with E-state index >= 15 is 0 Å². The van der Waals surface area contributed by atoms with Crippen LogP contribution in [0.15, 0.2) is 17.2 Å². The minimum atomic E-state index is -0.170. The third-order valence-electron chi connectivity index (χ3n) is 1.43. The van der Waals surface area contributed by atoms with Crippen LogP contribution >= 0.6 is 0 Å². The van der Waals surface area contributed by atoms with Crippen molar-refractivity contribution in [1.82, 2.24) is 9.97 Å². The first-order chi connectivity index (χ1) is 5.72. The topological polar surface area (TPSA) is 83.8 Å². The lowest BCUT2D eigenvalue weighted by Gasteiger charge is -2.10. The van der Waals surface area contributed by atoms with Crippen LogP contribution in [0.3, 0.4) is 0 Å². The summed E-state index contributed by atoms with van der Waals surface area (Å²) in [6.07, 6.45) is 1.36. The van der Waals surface area contributed by atoms with Crippen LogP contribution in [0.4, 0.5) is 5.82 Å². The maximum absolute atomic E-state index is 10.8. The molecule has 0 aliphatic carbocycles. The Labute approximate surface area is 70.0 Å². The van der Waals surface area contributed by atoms with E-state index < -0.39 is 0 Å². The SMILES string of the molecule is CC(CN)Nc1cc(=O)[nH]cn1. The van der Waals surface area contributed by atoms with E-state index in [1.165, 1.54) is 12.4 Å². The smallest absolute Gasteiger partial charge is 0.252 e. The molecule has 4 N–H and O–H groups in total. The Bertz CT molecular complexity index is 295. The Morgan fingerprint density at radius 3 is 3.17 bits per heavy atom. The fourth-order valence-corrected chi connectivity index (χ4v) is 0.759. The maximum Gasteiger partial charge on any atom is 0.252 e. The number of H-pyrrole nitrogens is 1. The van der Waals surface area contributed by atoms with Crippen molar-refractivity contribution >= 4 is 5.82 Å². The number of aromatic amines is 1. The predicted octanol–water partition coefficient (Wildman–Crippen LogP) is -0.471. The number of anilines is 1. The summed E-state index contributed by atoms with van der Waals surface area (Å²) in [7, 11) is 0. The molecule has 66 valence electrons. The highest BCUT2D eigenvalue weighted by atomic mass is 16.1. The third kappa shape index (κ3) is 2.35. The first-order valence-electron chi connectivity index (χ1n) is 3.73. The molecule has 1 aromatic rings. The minimum absolute atomic E-state index is 0.124. The van der Waals surface area contributed by atoms with Crippen molar-refractivity contribution in [2.75, 3.05) is 11.9 Å². The molecule has 0 radical (unpaired) electrons. The van der Waals surface area contributed by atoms with Gasteiger partial charge in [0, 0.05) is 18.7 Å². The summed E-state index contributed by atoms with van der Waals surface area (Å²) >= 11 is 0. The molecular weight excluding hydrogens is 156 g/mol. The molecule has 0 aliphatic rings. The summed E-state index contributed by atoms with van der Waals surface area (Å²) in [5.41, 5.74) is 5.21. The summed E-state index contributed by atoms with van der Waals surface area (Å²) in [5.74, 6) is 0.553. The monoisotopic (exact) mass is 168 g/mol. The van der Waals surface area contributed by atoms with E-state index in [-0.39, 0.29) is 11.6 Å². The van der Waals surface area contributed by atoms with Crippen molar-refractivity contribution in [3.05, 3.63) is 22.7 Å². The van der Waals surface area contributed by atoms with Gasteiger partial charge >= 0.3 is 0 Å². The molecule has 1 aromatic heterocycles. The van der Waals surface area contributed by atoms with Crippen LogP contribution < -0.4 is 16.6 Å². The van der Waals surface area contributed by atoms with Gasteiger partial charge in [0.25, 0.3) is 5.56 Å². The van der Waals surface area contributed by atoms with Crippen LogP contribution in [0.5, 0.6) is 0 Å². The van der Waals surface area contributed by atoms with E-state index in [0.29, 0.717) is 12.4 Å². The van der Waals surface area contributed by atoms with Crippen LogP contribution in [0, 0.1) is 0 Å². The molecule has 1 unspecified atom stereocenters. The van der Waals surface area contributed by atoms with Gasteiger partial charge in [0.2, 0.25) is 0 Å². The van der Waals surface area contributed by atoms with E-state index in [9.17, 15) is 4.79 Å². The molecule has 1 rings (SSSR count). The number of nitrogens with one attached hydrogen (secondary N) is 2. The van der Waals surface area contributed by atoms with Gasteiger partial charge in [-0.3, -0.25) is 4.79 Å². The molecule has 0 fully saturated rings. The fraction of sp³-hybridized carbons (Fsp3) is 0.429. The number of hydrogen-bond donors (Lipinski definition) is 3. The third-order valence-corrected chi connectivity index (χ3v) is 1.43. The molecule has 12 heavy (non-hydrogen) atoms. The van der Waals surface area contributed by atoms with E-state index in [0.717, 1.165) is 0 Å². The lowest BCUT2D eigenvalue weighted by atomic mass is 10.3. The van der Waals surface area contributed by atoms with Crippen molar-refractivity contribution in [2.45, 2.75) is 13.0 Å². The van der Waals surface area contributed by atoms with E-state index in [1.54, 1.807) is 0 Å². The molecule has 5 heteroatoms. The lowest BCUT2D eigenvalue weighted by molar-refractivity contribution is 0.796. The van der Waals surface area contributed by atoms with Gasteiger partial charge in [-0.1, -0.05) is 0 Å². The average Bonchev–Trinajstić information content (AvgIpc) is 2.04. The van der Waals surface area contributed by atoms with Crippen LogP contribution in [0.1, 0.15) is 6.92 Å². The summed E-state index contributed by atoms with van der Waals surface area (Å²) in [5, 5.41) is 2.98. The molecule has 1 atom stereocenters. The van der Waals surface area contributed by atoms with Crippen LogP contribution in [-0.2, 0) is 0 Å². The predicted molar refractivity (Wildman–Crippen MR) is 47.0 cm³/mol. The molecule has 0 aliphatic heterocycles. The molecule has 0 saturated heterocycles. The molecule has 5 nitrogen and oxygen atoms in total. The van der Waals surface area contributed by atoms with Crippen molar-refractivity contribution in [2.24, 2.45) is 5.73 Å². The normalized spacial score (nSPS) is 12.5. The van der Waals surface area contributed by atoms with Gasteiger partial charge < -0.3 is 16.0 Å². The lowest BCUT2D eigenvalue weighted by Crippen LogP contribution is -2.26. The summed E-state index contributed by atoms with van der Waals surface area (Å²) in [6, 6.07) is 1.52. The highest BCUT2D eigenvalue weighted by Gasteiger charge is 1.99. The number of nitrogens with zero attached hydrogens (tertiary/aromatic N) is 1. The Balaban J connectivity index is 2.69. The second kappa shape index (κ2) is 3.87. The number of nitrogens with two attached hydrogens (primary N) is 1. The number of hydrogen-bond acceptors (Lipinski definition) is 4. The highest BCUT2D eigenvalue weighted by Crippen LogP contribution is 1.96. The summed E-state index contributed by atoms with van der Waals surface area (Å²) < 4.78 is 0. The fourth-order valence-electron chi connectivity index (χ4n) is 0.759. The Morgan fingerprint density at radius 2 is 2.58 bits per heavy atom. The van der Waals surface area contributed by atoms with Crippen LogP contribution in [0.2, 0.25) is 0 Å². The van der Waals surface area contributed by atoms with Gasteiger partial charge in [0.1, 0.15) is 5.82 Å². The molecule has 1 heterocycles. The Hall–Kier alpha value is -1.36. The highest BCUT2D eigenvalue weighted by molar-refractivity contribution is 5.32. The summed E-state index contributed by atoms with van der Waals surface area (Å²) in [6.45, 7) is 2.43. The number of aromatic nitrogens is 2. The van der Waals surface area contributed by atoms with Gasteiger partial charge in [-0.2, -0.15) is 0 Å². The average molecular weight is 168 g/mol. The van der Waals surface area contributed by atoms with E-state index in [4.69, 9.17) is 5.73 Å². The second-order valence-corrected chi connectivity index (χ2v) is 2.58. The first-order valence-corrected chi connectivity index (χ1v) is 3.73. The van der Waals surface area contributed by atoms with Gasteiger partial charge in [-0.15, -0.1) is 0 Å². The molecule has 0 amide bonds. The van der Waals surface area contributed by atoms with Crippen molar-refractivity contribution < 1.29 is 0 Å². The van der Waals surface area contributed by atoms with Gasteiger partial charge in [-0.05, 0) is 6.92 Å². The van der Waals surface area contributed by atoms with Crippen LogP contribution in [0.25, 0.3) is 0 Å². The van der Waals surface area contributed by atoms with Gasteiger partial charge in [-0.25, -0.2) is 4.98 Å². The molecule has 0 saturated carbocycles. The quantitative estimate of drug-likeness (QED) is 0.569. The van der Waals surface area contributed by atoms with Gasteiger partial charge in [0.05, 0.1) is 6.33 Å². The van der Waals surface area contributed by atoms with E-state index in [1.807, 2.05) is 6.92 Å². The molecule has 0 aromatic carbocycles. The molecular formula is C7H12N4O. The minimum Gasteiger partial charge on any atom is -0.366 e. The zero-order valence-electron chi connectivity index (χ0n) is 6.87. The standard InChI is InChI=1S/C7H12N4O/c1-5(3-8)11-6-2-7(12)10-4-9-6/h2,4-5H,3,8H2,1H3,(H2,9,10,11,12).